The van der Waals surface area contributed by atoms with Gasteiger partial charge in [-0.25, -0.2) is 0 Å². The van der Waals surface area contributed by atoms with Crippen LogP contribution in [0, 0.1) is 0 Å². The Bertz CT molecular complexity index is 140. The molecule has 1 unspecified atom stereocenters. The van der Waals surface area contributed by atoms with Gasteiger partial charge in [0.15, 0.2) is 5.11 Å². The zero-order valence-corrected chi connectivity index (χ0v) is 6.60. The van der Waals surface area contributed by atoms with E-state index < -0.39 is 0 Å². The van der Waals surface area contributed by atoms with Crippen molar-refractivity contribution in [1.29, 1.82) is 0 Å². The molecule has 1 fully saturated rings. The summed E-state index contributed by atoms with van der Waals surface area (Å²) in [5.74, 6) is 0. The van der Waals surface area contributed by atoms with E-state index in [-0.39, 0.29) is 6.10 Å². The first-order chi connectivity index (χ1) is 4.70. The lowest BCUT2D eigenvalue weighted by molar-refractivity contribution is 0.104. The molecule has 0 aliphatic carbocycles. The summed E-state index contributed by atoms with van der Waals surface area (Å²) in [7, 11) is 0. The molecule has 0 aromatic heterocycles. The maximum Gasteiger partial charge on any atom is 0.166 e. The molecule has 1 saturated heterocycles. The Hall–Kier alpha value is -0.350. The molecule has 0 saturated carbocycles. The number of likely N-dealkylation sites (tertiary alicyclic amines) is 1. The van der Waals surface area contributed by atoms with Crippen molar-refractivity contribution in [2.45, 2.75) is 18.9 Å². The maximum absolute atomic E-state index is 9.17. The Balaban J connectivity index is 2.39. The van der Waals surface area contributed by atoms with Gasteiger partial charge in [0, 0.05) is 13.1 Å². The van der Waals surface area contributed by atoms with Crippen LogP contribution in [0.4, 0.5) is 0 Å². The molecule has 10 heavy (non-hydrogen) atoms. The molecule has 0 bridgehead atoms. The average Bonchev–Trinajstić information content (AvgIpc) is 1.88. The van der Waals surface area contributed by atoms with Gasteiger partial charge in [0.05, 0.1) is 6.10 Å². The van der Waals surface area contributed by atoms with Crippen LogP contribution in [0.3, 0.4) is 0 Å². The van der Waals surface area contributed by atoms with Gasteiger partial charge in [-0.2, -0.15) is 0 Å². The van der Waals surface area contributed by atoms with Crippen molar-refractivity contribution in [2.24, 2.45) is 5.73 Å². The van der Waals surface area contributed by atoms with E-state index in [1.54, 1.807) is 0 Å². The van der Waals surface area contributed by atoms with E-state index in [9.17, 15) is 5.11 Å². The van der Waals surface area contributed by atoms with E-state index in [1.807, 2.05) is 4.90 Å². The monoisotopic (exact) mass is 160 g/mol. The van der Waals surface area contributed by atoms with E-state index in [0.717, 1.165) is 19.4 Å². The fourth-order valence-corrected chi connectivity index (χ4v) is 1.32. The minimum Gasteiger partial charge on any atom is -0.391 e. The Morgan fingerprint density at radius 3 is 2.80 bits per heavy atom. The van der Waals surface area contributed by atoms with Crippen LogP contribution in [0.15, 0.2) is 0 Å². The van der Waals surface area contributed by atoms with Crippen molar-refractivity contribution < 1.29 is 5.11 Å². The number of rotatable bonds is 0. The van der Waals surface area contributed by atoms with E-state index in [4.69, 9.17) is 18.0 Å². The third-order valence-corrected chi connectivity index (χ3v) is 1.97. The molecule has 0 amide bonds. The smallest absolute Gasteiger partial charge is 0.166 e. The van der Waals surface area contributed by atoms with Crippen LogP contribution in [0.1, 0.15) is 12.8 Å². The van der Waals surface area contributed by atoms with Crippen molar-refractivity contribution in [3.63, 3.8) is 0 Å². The highest BCUT2D eigenvalue weighted by molar-refractivity contribution is 7.80. The van der Waals surface area contributed by atoms with Gasteiger partial charge < -0.3 is 15.7 Å². The first-order valence-electron chi connectivity index (χ1n) is 3.42. The summed E-state index contributed by atoms with van der Waals surface area (Å²) in [5, 5.41) is 9.57. The highest BCUT2D eigenvalue weighted by atomic mass is 32.1. The van der Waals surface area contributed by atoms with Gasteiger partial charge in [-0.3, -0.25) is 0 Å². The molecule has 0 spiro atoms. The van der Waals surface area contributed by atoms with Gasteiger partial charge in [0.1, 0.15) is 0 Å². The number of nitrogens with two attached hydrogens (primary N) is 1. The van der Waals surface area contributed by atoms with Crippen molar-refractivity contribution >= 4 is 17.3 Å². The fraction of sp³-hybridized carbons (Fsp3) is 0.833. The number of β-amino-alcohol motifs (C(OH)–C–C–N with tert-alkyl or cyclic N) is 1. The third kappa shape index (κ3) is 1.82. The average molecular weight is 160 g/mol. The minimum absolute atomic E-state index is 0.241. The third-order valence-electron chi connectivity index (χ3n) is 1.71. The second-order valence-electron chi connectivity index (χ2n) is 2.58. The van der Waals surface area contributed by atoms with Gasteiger partial charge in [-0.15, -0.1) is 0 Å². The first kappa shape index (κ1) is 7.75. The molecule has 1 heterocycles. The van der Waals surface area contributed by atoms with Crippen molar-refractivity contribution in [1.82, 2.24) is 4.90 Å². The fourth-order valence-electron chi connectivity index (χ4n) is 1.15. The molecule has 1 rings (SSSR count). The number of thiocarbonyl (C=S) groups is 1. The Labute approximate surface area is 65.8 Å². The van der Waals surface area contributed by atoms with Crippen LogP contribution in [-0.2, 0) is 0 Å². The summed E-state index contributed by atoms with van der Waals surface area (Å²) in [6, 6.07) is 0. The molecule has 1 atom stereocenters. The topological polar surface area (TPSA) is 49.5 Å². The number of piperidine rings is 1. The van der Waals surface area contributed by atoms with Gasteiger partial charge in [-0.1, -0.05) is 0 Å². The van der Waals surface area contributed by atoms with Gasteiger partial charge in [-0.05, 0) is 25.1 Å². The quantitative estimate of drug-likeness (QED) is 0.477. The van der Waals surface area contributed by atoms with Crippen molar-refractivity contribution in [3.8, 4) is 0 Å². The first-order valence-corrected chi connectivity index (χ1v) is 3.83. The maximum atomic E-state index is 9.17. The molecule has 4 heteroatoms. The summed E-state index contributed by atoms with van der Waals surface area (Å²) in [4.78, 5) is 1.84. The van der Waals surface area contributed by atoms with E-state index >= 15 is 0 Å². The molecule has 3 nitrogen and oxygen atoms in total. The predicted molar refractivity (Wildman–Crippen MR) is 43.6 cm³/mol. The number of nitrogens with zero attached hydrogens (tertiary/aromatic N) is 1. The Morgan fingerprint density at radius 2 is 2.40 bits per heavy atom. The summed E-state index contributed by atoms with van der Waals surface area (Å²) in [6.07, 6.45) is 1.62. The van der Waals surface area contributed by atoms with Crippen LogP contribution in [0.25, 0.3) is 0 Å². The largest absolute Gasteiger partial charge is 0.391 e. The summed E-state index contributed by atoms with van der Waals surface area (Å²) < 4.78 is 0. The van der Waals surface area contributed by atoms with Crippen LogP contribution in [0.2, 0.25) is 0 Å². The molecule has 1 aliphatic rings. The lowest BCUT2D eigenvalue weighted by Crippen LogP contribution is -2.44. The minimum atomic E-state index is -0.241. The molecule has 0 aromatic rings. The van der Waals surface area contributed by atoms with Crippen LogP contribution in [-0.4, -0.2) is 34.3 Å². The van der Waals surface area contributed by atoms with Crippen molar-refractivity contribution in [2.75, 3.05) is 13.1 Å². The van der Waals surface area contributed by atoms with E-state index in [1.165, 1.54) is 0 Å². The molecule has 3 N–H and O–H groups in total. The highest BCUT2D eigenvalue weighted by Gasteiger charge is 2.17. The highest BCUT2D eigenvalue weighted by Crippen LogP contribution is 2.08. The summed E-state index contributed by atoms with van der Waals surface area (Å²) in [6.45, 7) is 1.50. The zero-order chi connectivity index (χ0) is 7.56. The molecular weight excluding hydrogens is 148 g/mol. The molecule has 1 aliphatic heterocycles. The second-order valence-corrected chi connectivity index (χ2v) is 3.00. The SMILES string of the molecule is NC(=S)N1CCCC(O)C1. The molecular formula is C6H12N2OS. The number of aliphatic hydroxyl groups excluding tert-OH is 1. The molecule has 0 radical (unpaired) electrons. The van der Waals surface area contributed by atoms with Gasteiger partial charge in [0.25, 0.3) is 0 Å². The number of hydrogen-bond acceptors (Lipinski definition) is 2. The number of aliphatic hydroxyl groups is 1. The summed E-state index contributed by atoms with van der Waals surface area (Å²) in [5.41, 5.74) is 5.38. The molecule has 0 aromatic carbocycles. The lowest BCUT2D eigenvalue weighted by atomic mass is 10.1. The van der Waals surface area contributed by atoms with Gasteiger partial charge >= 0.3 is 0 Å². The standard InChI is InChI=1S/C6H12N2OS/c7-6(10)8-3-1-2-5(9)4-8/h5,9H,1-4H2,(H2,7,10). The normalized spacial score (nSPS) is 26.5. The van der Waals surface area contributed by atoms with Crippen LogP contribution in [0.5, 0.6) is 0 Å². The molecule has 58 valence electrons. The number of hydrogen-bond donors (Lipinski definition) is 2. The van der Waals surface area contributed by atoms with Crippen LogP contribution >= 0.6 is 12.2 Å². The van der Waals surface area contributed by atoms with E-state index in [2.05, 4.69) is 0 Å². The predicted octanol–water partition coefficient (Wildman–Crippen LogP) is -0.313. The van der Waals surface area contributed by atoms with Crippen molar-refractivity contribution in [3.05, 3.63) is 0 Å². The lowest BCUT2D eigenvalue weighted by Gasteiger charge is -2.30. The Morgan fingerprint density at radius 1 is 1.70 bits per heavy atom. The second kappa shape index (κ2) is 3.16. The Kier molecular flexibility index (Phi) is 2.45. The zero-order valence-electron chi connectivity index (χ0n) is 5.79. The van der Waals surface area contributed by atoms with Crippen LogP contribution < -0.4 is 5.73 Å². The van der Waals surface area contributed by atoms with E-state index in [0.29, 0.717) is 11.7 Å². The summed E-state index contributed by atoms with van der Waals surface area (Å²) >= 11 is 4.76. The van der Waals surface area contributed by atoms with Gasteiger partial charge in [0.2, 0.25) is 0 Å².